The highest BCUT2D eigenvalue weighted by Crippen LogP contribution is 2.48. The SMILES string of the molecule is CC(C)N1c2ccccc2-n2cccc2C12CCNCC2. The molecule has 1 N–H and O–H groups in total. The maximum atomic E-state index is 3.53. The number of nitrogens with zero attached hydrogens (tertiary/aromatic N) is 2. The minimum absolute atomic E-state index is 0.136. The van der Waals surface area contributed by atoms with E-state index in [1.165, 1.54) is 29.9 Å². The minimum atomic E-state index is 0.136. The zero-order chi connectivity index (χ0) is 14.4. The lowest BCUT2D eigenvalue weighted by atomic mass is 9.80. The molecule has 110 valence electrons. The van der Waals surface area contributed by atoms with Crippen molar-refractivity contribution in [2.45, 2.75) is 38.3 Å². The van der Waals surface area contributed by atoms with Gasteiger partial charge in [-0.3, -0.25) is 0 Å². The van der Waals surface area contributed by atoms with Crippen LogP contribution in [-0.4, -0.2) is 23.7 Å². The van der Waals surface area contributed by atoms with Crippen LogP contribution in [0.2, 0.25) is 0 Å². The van der Waals surface area contributed by atoms with Crippen LogP contribution in [0.5, 0.6) is 0 Å². The monoisotopic (exact) mass is 281 g/mol. The fourth-order valence-electron chi connectivity index (χ4n) is 4.31. The number of anilines is 1. The van der Waals surface area contributed by atoms with Crippen LogP contribution in [0.3, 0.4) is 0 Å². The van der Waals surface area contributed by atoms with E-state index in [2.05, 4.69) is 71.2 Å². The number of aromatic nitrogens is 1. The van der Waals surface area contributed by atoms with Gasteiger partial charge in [0.1, 0.15) is 0 Å². The molecule has 3 heteroatoms. The Balaban J connectivity index is 1.99. The van der Waals surface area contributed by atoms with Crippen molar-refractivity contribution in [2.24, 2.45) is 0 Å². The van der Waals surface area contributed by atoms with Crippen molar-refractivity contribution >= 4 is 5.69 Å². The molecule has 0 unspecified atom stereocenters. The first kappa shape index (κ1) is 13.0. The number of rotatable bonds is 1. The standard InChI is InChI=1S/C18H23N3/c1-14(2)21-16-7-4-3-6-15(16)20-13-5-8-17(20)18(21)9-11-19-12-10-18/h3-8,13-14,19H,9-12H2,1-2H3. The predicted molar refractivity (Wildman–Crippen MR) is 87.2 cm³/mol. The number of hydrogen-bond acceptors (Lipinski definition) is 2. The third kappa shape index (κ3) is 1.70. The van der Waals surface area contributed by atoms with Crippen LogP contribution in [0.1, 0.15) is 32.4 Å². The van der Waals surface area contributed by atoms with Gasteiger partial charge in [0.05, 0.1) is 16.9 Å². The fraction of sp³-hybridized carbons (Fsp3) is 0.444. The molecule has 3 heterocycles. The van der Waals surface area contributed by atoms with E-state index in [-0.39, 0.29) is 5.54 Å². The second-order valence-electron chi connectivity index (χ2n) is 6.50. The summed E-state index contributed by atoms with van der Waals surface area (Å²) in [5, 5.41) is 3.53. The molecule has 0 radical (unpaired) electrons. The van der Waals surface area contributed by atoms with Crippen LogP contribution in [0.15, 0.2) is 42.6 Å². The molecular weight excluding hydrogens is 258 g/mol. The van der Waals surface area contributed by atoms with Crippen molar-refractivity contribution < 1.29 is 0 Å². The molecule has 1 spiro atoms. The molecule has 3 nitrogen and oxygen atoms in total. The van der Waals surface area contributed by atoms with Gasteiger partial charge in [-0.25, -0.2) is 0 Å². The van der Waals surface area contributed by atoms with Crippen LogP contribution >= 0.6 is 0 Å². The quantitative estimate of drug-likeness (QED) is 0.865. The Labute approximate surface area is 126 Å². The lowest BCUT2D eigenvalue weighted by Crippen LogP contribution is -2.57. The van der Waals surface area contributed by atoms with Crippen molar-refractivity contribution in [2.75, 3.05) is 18.0 Å². The topological polar surface area (TPSA) is 20.2 Å². The van der Waals surface area contributed by atoms with Gasteiger partial charge in [0.2, 0.25) is 0 Å². The second-order valence-corrected chi connectivity index (χ2v) is 6.50. The number of fused-ring (bicyclic) bond motifs is 4. The largest absolute Gasteiger partial charge is 0.356 e. The number of para-hydroxylation sites is 2. The van der Waals surface area contributed by atoms with E-state index < -0.39 is 0 Å². The predicted octanol–water partition coefficient (Wildman–Crippen LogP) is 3.28. The maximum Gasteiger partial charge on any atom is 0.0835 e. The summed E-state index contributed by atoms with van der Waals surface area (Å²) in [5.41, 5.74) is 4.28. The van der Waals surface area contributed by atoms with Crippen molar-refractivity contribution in [3.63, 3.8) is 0 Å². The van der Waals surface area contributed by atoms with Gasteiger partial charge in [0.25, 0.3) is 0 Å². The molecule has 1 fully saturated rings. The Morgan fingerprint density at radius 2 is 1.71 bits per heavy atom. The Morgan fingerprint density at radius 3 is 2.43 bits per heavy atom. The first-order chi connectivity index (χ1) is 10.2. The summed E-state index contributed by atoms with van der Waals surface area (Å²) >= 11 is 0. The fourth-order valence-corrected chi connectivity index (χ4v) is 4.31. The third-order valence-corrected chi connectivity index (χ3v) is 5.03. The van der Waals surface area contributed by atoms with Crippen molar-refractivity contribution in [3.05, 3.63) is 48.3 Å². The van der Waals surface area contributed by atoms with Gasteiger partial charge >= 0.3 is 0 Å². The van der Waals surface area contributed by atoms with Crippen LogP contribution in [-0.2, 0) is 5.54 Å². The van der Waals surface area contributed by atoms with E-state index in [4.69, 9.17) is 0 Å². The number of nitrogens with one attached hydrogen (secondary N) is 1. The molecule has 0 saturated carbocycles. The van der Waals surface area contributed by atoms with Crippen molar-refractivity contribution in [3.8, 4) is 5.69 Å². The zero-order valence-corrected chi connectivity index (χ0v) is 12.8. The second kappa shape index (κ2) is 4.63. The molecular formula is C18H23N3. The Kier molecular flexibility index (Phi) is 2.86. The Bertz CT molecular complexity index is 650. The number of piperidine rings is 1. The van der Waals surface area contributed by atoms with Gasteiger partial charge in [-0.15, -0.1) is 0 Å². The van der Waals surface area contributed by atoms with Gasteiger partial charge in [0, 0.05) is 17.9 Å². The molecule has 2 aliphatic heterocycles. The third-order valence-electron chi connectivity index (χ3n) is 5.03. The summed E-state index contributed by atoms with van der Waals surface area (Å²) < 4.78 is 2.40. The summed E-state index contributed by atoms with van der Waals surface area (Å²) in [4.78, 5) is 2.67. The molecule has 4 rings (SSSR count). The minimum Gasteiger partial charge on any atom is -0.356 e. The van der Waals surface area contributed by atoms with Crippen molar-refractivity contribution in [1.82, 2.24) is 9.88 Å². The normalized spacial score (nSPS) is 19.7. The van der Waals surface area contributed by atoms with Crippen LogP contribution in [0.4, 0.5) is 5.69 Å². The highest BCUT2D eigenvalue weighted by molar-refractivity contribution is 5.69. The first-order valence-electron chi connectivity index (χ1n) is 8.01. The molecule has 21 heavy (non-hydrogen) atoms. The molecule has 0 aliphatic carbocycles. The highest BCUT2D eigenvalue weighted by Gasteiger charge is 2.46. The summed E-state index contributed by atoms with van der Waals surface area (Å²) in [6.07, 6.45) is 4.56. The lowest BCUT2D eigenvalue weighted by Gasteiger charge is -2.53. The van der Waals surface area contributed by atoms with Gasteiger partial charge in [0.15, 0.2) is 0 Å². The first-order valence-corrected chi connectivity index (χ1v) is 8.01. The average Bonchev–Trinajstić information content (AvgIpc) is 2.99. The molecule has 0 amide bonds. The van der Waals surface area contributed by atoms with Crippen LogP contribution < -0.4 is 10.2 Å². The summed E-state index contributed by atoms with van der Waals surface area (Å²) in [5.74, 6) is 0. The molecule has 0 bridgehead atoms. The Morgan fingerprint density at radius 1 is 1.00 bits per heavy atom. The van der Waals surface area contributed by atoms with E-state index in [1.54, 1.807) is 0 Å². The van der Waals surface area contributed by atoms with Crippen LogP contribution in [0.25, 0.3) is 5.69 Å². The van der Waals surface area contributed by atoms with E-state index in [9.17, 15) is 0 Å². The summed E-state index contributed by atoms with van der Waals surface area (Å²) in [6.45, 7) is 6.82. The van der Waals surface area contributed by atoms with Gasteiger partial charge in [-0.05, 0) is 64.0 Å². The van der Waals surface area contributed by atoms with Crippen LogP contribution in [0, 0.1) is 0 Å². The Hall–Kier alpha value is -1.74. The van der Waals surface area contributed by atoms with Crippen molar-refractivity contribution in [1.29, 1.82) is 0 Å². The highest BCUT2D eigenvalue weighted by atomic mass is 15.3. The number of hydrogen-bond donors (Lipinski definition) is 1. The average molecular weight is 281 g/mol. The molecule has 2 aliphatic rings. The maximum absolute atomic E-state index is 3.53. The molecule has 0 atom stereocenters. The summed E-state index contributed by atoms with van der Waals surface area (Å²) in [6, 6.07) is 13.8. The van der Waals surface area contributed by atoms with Gasteiger partial charge < -0.3 is 14.8 Å². The zero-order valence-electron chi connectivity index (χ0n) is 12.8. The van der Waals surface area contributed by atoms with E-state index in [0.29, 0.717) is 6.04 Å². The smallest absolute Gasteiger partial charge is 0.0835 e. The number of benzene rings is 1. The van der Waals surface area contributed by atoms with E-state index in [1.807, 2.05) is 0 Å². The lowest BCUT2D eigenvalue weighted by molar-refractivity contribution is 0.262. The van der Waals surface area contributed by atoms with E-state index in [0.717, 1.165) is 13.1 Å². The van der Waals surface area contributed by atoms with E-state index >= 15 is 0 Å². The molecule has 2 aromatic rings. The molecule has 1 aromatic heterocycles. The van der Waals surface area contributed by atoms with Gasteiger partial charge in [-0.1, -0.05) is 12.1 Å². The van der Waals surface area contributed by atoms with Gasteiger partial charge in [-0.2, -0.15) is 0 Å². The molecule has 1 aromatic carbocycles. The molecule has 1 saturated heterocycles. The summed E-state index contributed by atoms with van der Waals surface area (Å²) in [7, 11) is 0.